The summed E-state index contributed by atoms with van der Waals surface area (Å²) in [7, 11) is 0. The lowest BCUT2D eigenvalue weighted by Gasteiger charge is -2.29. The van der Waals surface area contributed by atoms with Gasteiger partial charge in [-0.05, 0) is 18.8 Å². The number of primary amides is 2. The number of hydrogen-bond acceptors (Lipinski definition) is 4. The first-order chi connectivity index (χ1) is 8.56. The van der Waals surface area contributed by atoms with Crippen LogP contribution in [0.15, 0.2) is 0 Å². The van der Waals surface area contributed by atoms with E-state index in [1.54, 1.807) is 0 Å². The van der Waals surface area contributed by atoms with Crippen molar-refractivity contribution in [3.05, 3.63) is 0 Å². The maximum absolute atomic E-state index is 9.07. The van der Waals surface area contributed by atoms with E-state index in [1.165, 1.54) is 0 Å². The number of hydrogen-bond donors (Lipinski definition) is 6. The quantitative estimate of drug-likeness (QED) is 0.433. The van der Waals surface area contributed by atoms with Gasteiger partial charge in [0.15, 0.2) is 0 Å². The summed E-state index contributed by atoms with van der Waals surface area (Å²) in [5.74, 6) is 0.536. The minimum Gasteiger partial charge on any atom is -0.465 e. The maximum Gasteiger partial charge on any atom is 0.402 e. The van der Waals surface area contributed by atoms with Gasteiger partial charge in [-0.3, -0.25) is 0 Å². The molecule has 0 radical (unpaired) electrons. The van der Waals surface area contributed by atoms with Crippen molar-refractivity contribution in [2.24, 2.45) is 22.8 Å². The monoisotopic (exact) mass is 282 g/mol. The third-order valence-corrected chi connectivity index (χ3v) is 2.26. The van der Waals surface area contributed by atoms with Crippen molar-refractivity contribution in [2.75, 3.05) is 13.2 Å². The zero-order valence-corrected chi connectivity index (χ0v) is 11.7. The van der Waals surface area contributed by atoms with Crippen LogP contribution in [0.1, 0.15) is 33.6 Å². The van der Waals surface area contributed by atoms with E-state index < -0.39 is 12.2 Å². The highest BCUT2D eigenvalue weighted by molar-refractivity contribution is 5.61. The number of rotatable bonds is 5. The molecule has 0 saturated heterocycles. The summed E-state index contributed by atoms with van der Waals surface area (Å²) in [6, 6.07) is 0. The molecule has 0 rings (SSSR count). The van der Waals surface area contributed by atoms with Crippen LogP contribution in [0.5, 0.6) is 0 Å². The Bertz CT molecular complexity index is 213. The summed E-state index contributed by atoms with van der Waals surface area (Å²) in [5, 5.41) is 32.5. The topological polar surface area (TPSA) is 167 Å². The molecule has 8 N–H and O–H groups in total. The number of carboxylic acid groups (broad SMARTS) is 2. The first-order valence-corrected chi connectivity index (χ1v) is 5.75. The van der Waals surface area contributed by atoms with Gasteiger partial charge in [-0.25, -0.2) is 9.59 Å². The van der Waals surface area contributed by atoms with Crippen LogP contribution < -0.4 is 11.5 Å². The van der Waals surface area contributed by atoms with Crippen molar-refractivity contribution in [2.45, 2.75) is 33.6 Å². The molecule has 0 heterocycles. The summed E-state index contributed by atoms with van der Waals surface area (Å²) in [5.41, 5.74) is 7.81. The second kappa shape index (κ2) is 12.9. The van der Waals surface area contributed by atoms with E-state index in [-0.39, 0.29) is 18.6 Å². The van der Waals surface area contributed by atoms with Gasteiger partial charge in [0.05, 0.1) is 13.2 Å². The van der Waals surface area contributed by atoms with E-state index in [1.807, 2.05) is 6.92 Å². The second-order valence-electron chi connectivity index (χ2n) is 4.44. The summed E-state index contributed by atoms with van der Waals surface area (Å²) in [6.07, 6.45) is -0.922. The second-order valence-corrected chi connectivity index (χ2v) is 4.44. The molecule has 0 aromatic rings. The molecule has 0 atom stereocenters. The molecule has 0 aliphatic carbocycles. The highest BCUT2D eigenvalue weighted by atomic mass is 16.4. The van der Waals surface area contributed by atoms with E-state index in [9.17, 15) is 0 Å². The Labute approximate surface area is 113 Å². The van der Waals surface area contributed by atoms with Gasteiger partial charge in [-0.15, -0.1) is 0 Å². The van der Waals surface area contributed by atoms with Crippen LogP contribution in [0.3, 0.4) is 0 Å². The fourth-order valence-electron chi connectivity index (χ4n) is 1.41. The Morgan fingerprint density at radius 1 is 1.05 bits per heavy atom. The minimum absolute atomic E-state index is 0.0954. The lowest BCUT2D eigenvalue weighted by Crippen LogP contribution is -2.30. The van der Waals surface area contributed by atoms with Gasteiger partial charge in [0.25, 0.3) is 0 Å². The Morgan fingerprint density at radius 2 is 1.32 bits per heavy atom. The Hall–Kier alpha value is -1.54. The van der Waals surface area contributed by atoms with Crippen LogP contribution >= 0.6 is 0 Å². The van der Waals surface area contributed by atoms with E-state index in [2.05, 4.69) is 25.3 Å². The van der Waals surface area contributed by atoms with Crippen LogP contribution in [0, 0.1) is 11.3 Å². The lowest BCUT2D eigenvalue weighted by atomic mass is 9.79. The molecule has 0 aromatic carbocycles. The molecule has 2 amide bonds. The van der Waals surface area contributed by atoms with Crippen molar-refractivity contribution >= 4 is 12.2 Å². The van der Waals surface area contributed by atoms with Crippen LogP contribution in [0.2, 0.25) is 0 Å². The molecule has 0 unspecified atom stereocenters. The smallest absolute Gasteiger partial charge is 0.402 e. The fraction of sp³-hybridized carbons (Fsp3) is 0.818. The van der Waals surface area contributed by atoms with Crippen molar-refractivity contribution in [1.29, 1.82) is 0 Å². The van der Waals surface area contributed by atoms with Gasteiger partial charge in [0.2, 0.25) is 0 Å². The Kier molecular flexibility index (Phi) is 15.4. The molecule has 8 heteroatoms. The first-order valence-electron chi connectivity index (χ1n) is 5.75. The third-order valence-electron chi connectivity index (χ3n) is 2.26. The molecule has 0 aromatic heterocycles. The third kappa shape index (κ3) is 22.2. The number of carbonyl (C=O) groups is 2. The molecular weight excluding hydrogens is 256 g/mol. The van der Waals surface area contributed by atoms with Crippen LogP contribution in [0.25, 0.3) is 0 Å². The highest BCUT2D eigenvalue weighted by Gasteiger charge is 2.27. The molecule has 116 valence electrons. The van der Waals surface area contributed by atoms with Gasteiger partial charge in [0.1, 0.15) is 0 Å². The van der Waals surface area contributed by atoms with Crippen molar-refractivity contribution < 1.29 is 30.0 Å². The molecule has 0 saturated carbocycles. The largest absolute Gasteiger partial charge is 0.465 e. The molecule has 8 nitrogen and oxygen atoms in total. The first kappa shape index (κ1) is 22.6. The van der Waals surface area contributed by atoms with Crippen LogP contribution in [0.4, 0.5) is 9.59 Å². The van der Waals surface area contributed by atoms with E-state index in [4.69, 9.17) is 30.0 Å². The average Bonchev–Trinajstić information content (AvgIpc) is 2.24. The van der Waals surface area contributed by atoms with Gasteiger partial charge < -0.3 is 31.9 Å². The zero-order chi connectivity index (χ0) is 16.1. The Balaban J connectivity index is -0.000000264. The predicted octanol–water partition coefficient (Wildman–Crippen LogP) is 0.660. The maximum atomic E-state index is 9.07. The van der Waals surface area contributed by atoms with Gasteiger partial charge >= 0.3 is 12.2 Å². The summed E-state index contributed by atoms with van der Waals surface area (Å²) in [4.78, 5) is 17.6. The van der Waals surface area contributed by atoms with E-state index in [0.717, 1.165) is 12.8 Å². The molecule has 0 bridgehead atoms. The number of aliphatic hydroxyl groups is 2. The summed E-state index contributed by atoms with van der Waals surface area (Å²) >= 11 is 0. The van der Waals surface area contributed by atoms with Gasteiger partial charge in [-0.2, -0.15) is 0 Å². The van der Waals surface area contributed by atoms with Crippen LogP contribution in [-0.4, -0.2) is 45.8 Å². The van der Waals surface area contributed by atoms with Crippen LogP contribution in [-0.2, 0) is 0 Å². The van der Waals surface area contributed by atoms with E-state index in [0.29, 0.717) is 5.92 Å². The normalized spacial score (nSPS) is 9.79. The molecule has 0 spiro atoms. The minimum atomic E-state index is -1.33. The summed E-state index contributed by atoms with van der Waals surface area (Å²) < 4.78 is 0. The lowest BCUT2D eigenvalue weighted by molar-refractivity contribution is 0.0336. The van der Waals surface area contributed by atoms with Crippen molar-refractivity contribution in [3.8, 4) is 0 Å². The molecular formula is C11H26N2O6. The molecule has 0 aliphatic rings. The van der Waals surface area contributed by atoms with Gasteiger partial charge in [-0.1, -0.05) is 20.8 Å². The number of aliphatic hydroxyl groups excluding tert-OH is 2. The van der Waals surface area contributed by atoms with Gasteiger partial charge in [0, 0.05) is 5.41 Å². The molecule has 0 aliphatic heterocycles. The fourth-order valence-corrected chi connectivity index (χ4v) is 1.41. The van der Waals surface area contributed by atoms with Crippen molar-refractivity contribution in [1.82, 2.24) is 0 Å². The number of amides is 2. The SMILES string of the molecule is CCC(CO)(CO)CC(C)C.NC(=O)O.NC(=O)O. The summed E-state index contributed by atoms with van der Waals surface area (Å²) in [6.45, 7) is 6.41. The standard InChI is InChI=1S/C9H20O2.2CH3NO2/c1-4-9(6-10,7-11)5-8(2)3;2*2-1(3)4/h8,10-11H,4-7H2,1-3H3;2*2H2,(H,3,4). The Morgan fingerprint density at radius 3 is 1.37 bits per heavy atom. The van der Waals surface area contributed by atoms with Crippen molar-refractivity contribution in [3.63, 3.8) is 0 Å². The van der Waals surface area contributed by atoms with E-state index >= 15 is 0 Å². The number of nitrogens with two attached hydrogens (primary N) is 2. The molecule has 0 fully saturated rings. The zero-order valence-electron chi connectivity index (χ0n) is 11.7. The average molecular weight is 282 g/mol. The predicted molar refractivity (Wildman–Crippen MR) is 70.8 cm³/mol. The highest BCUT2D eigenvalue weighted by Crippen LogP contribution is 2.28. The molecule has 19 heavy (non-hydrogen) atoms.